The Hall–Kier alpha value is -0.560. The SMILES string of the molecule is CCN(CCSSCCNC(=O)OC(C)(C)C)C(C)=O. The van der Waals surface area contributed by atoms with Crippen LogP contribution in [-0.2, 0) is 9.53 Å². The van der Waals surface area contributed by atoms with Crippen molar-refractivity contribution in [2.24, 2.45) is 0 Å². The summed E-state index contributed by atoms with van der Waals surface area (Å²) in [6, 6.07) is 0. The number of hydrogen-bond acceptors (Lipinski definition) is 5. The molecule has 0 aliphatic heterocycles. The van der Waals surface area contributed by atoms with Gasteiger partial charge in [0.25, 0.3) is 0 Å². The average Bonchev–Trinajstić information content (AvgIpc) is 2.29. The molecule has 0 aliphatic carbocycles. The maximum atomic E-state index is 11.4. The Kier molecular flexibility index (Phi) is 9.92. The molecule has 0 aromatic carbocycles. The van der Waals surface area contributed by atoms with Crippen LogP contribution in [0, 0.1) is 0 Å². The minimum Gasteiger partial charge on any atom is -0.444 e. The Morgan fingerprint density at radius 1 is 1.20 bits per heavy atom. The molecule has 0 aromatic heterocycles. The molecule has 0 rings (SSSR count). The molecule has 0 spiro atoms. The average molecular weight is 322 g/mol. The van der Waals surface area contributed by atoms with Crippen molar-refractivity contribution in [2.75, 3.05) is 31.1 Å². The van der Waals surface area contributed by atoms with Gasteiger partial charge in [-0.3, -0.25) is 4.79 Å². The minimum atomic E-state index is -0.456. The number of nitrogens with zero attached hydrogens (tertiary/aromatic N) is 1. The molecular formula is C13H26N2O3S2. The normalized spacial score (nSPS) is 11.1. The van der Waals surface area contributed by atoms with Crippen molar-refractivity contribution in [3.63, 3.8) is 0 Å². The molecule has 0 fully saturated rings. The summed E-state index contributed by atoms with van der Waals surface area (Å²) in [6.45, 7) is 11.2. The van der Waals surface area contributed by atoms with Gasteiger partial charge in [0.1, 0.15) is 5.60 Å². The van der Waals surface area contributed by atoms with E-state index in [1.165, 1.54) is 0 Å². The molecular weight excluding hydrogens is 296 g/mol. The lowest BCUT2D eigenvalue weighted by molar-refractivity contribution is -0.128. The fourth-order valence-electron chi connectivity index (χ4n) is 1.31. The van der Waals surface area contributed by atoms with E-state index in [2.05, 4.69) is 5.32 Å². The molecule has 0 saturated heterocycles. The van der Waals surface area contributed by atoms with Gasteiger partial charge in [-0.15, -0.1) is 0 Å². The number of alkyl carbamates (subject to hydrolysis) is 1. The molecule has 0 unspecified atom stereocenters. The van der Waals surface area contributed by atoms with Gasteiger partial charge in [-0.1, -0.05) is 21.6 Å². The summed E-state index contributed by atoms with van der Waals surface area (Å²) in [5.74, 6) is 1.82. The van der Waals surface area contributed by atoms with E-state index < -0.39 is 5.60 Å². The van der Waals surface area contributed by atoms with E-state index in [4.69, 9.17) is 4.74 Å². The second-order valence-corrected chi connectivity index (χ2v) is 7.87. The summed E-state index contributed by atoms with van der Waals surface area (Å²) in [4.78, 5) is 24.3. The number of carbonyl (C=O) groups excluding carboxylic acids is 2. The molecule has 2 amide bonds. The van der Waals surface area contributed by atoms with Crippen molar-refractivity contribution in [1.82, 2.24) is 10.2 Å². The highest BCUT2D eigenvalue weighted by atomic mass is 33.1. The van der Waals surface area contributed by atoms with Gasteiger partial charge in [-0.2, -0.15) is 0 Å². The molecule has 118 valence electrons. The number of carbonyl (C=O) groups is 2. The first-order valence-corrected chi connectivity index (χ1v) is 9.22. The van der Waals surface area contributed by atoms with E-state index in [0.717, 1.165) is 24.6 Å². The van der Waals surface area contributed by atoms with Gasteiger partial charge in [0.15, 0.2) is 0 Å². The molecule has 0 aromatic rings. The smallest absolute Gasteiger partial charge is 0.407 e. The predicted molar refractivity (Wildman–Crippen MR) is 87.1 cm³/mol. The van der Waals surface area contributed by atoms with Crippen LogP contribution >= 0.6 is 21.6 Å². The van der Waals surface area contributed by atoms with Gasteiger partial charge in [0, 0.05) is 38.1 Å². The lowest BCUT2D eigenvalue weighted by atomic mass is 10.2. The number of ether oxygens (including phenoxy) is 1. The number of nitrogens with one attached hydrogen (secondary N) is 1. The molecule has 0 bridgehead atoms. The largest absolute Gasteiger partial charge is 0.444 e. The van der Waals surface area contributed by atoms with Crippen LogP contribution in [0.25, 0.3) is 0 Å². The van der Waals surface area contributed by atoms with Gasteiger partial charge in [0.2, 0.25) is 5.91 Å². The Labute approximate surface area is 130 Å². The van der Waals surface area contributed by atoms with Crippen LogP contribution in [0.3, 0.4) is 0 Å². The summed E-state index contributed by atoms with van der Waals surface area (Å²) < 4.78 is 5.13. The monoisotopic (exact) mass is 322 g/mol. The van der Waals surface area contributed by atoms with Crippen molar-refractivity contribution >= 4 is 33.6 Å². The first kappa shape index (κ1) is 19.4. The summed E-state index contributed by atoms with van der Waals surface area (Å²) in [7, 11) is 3.40. The van der Waals surface area contributed by atoms with Crippen LogP contribution < -0.4 is 5.32 Å². The van der Waals surface area contributed by atoms with Crippen molar-refractivity contribution in [3.05, 3.63) is 0 Å². The van der Waals surface area contributed by atoms with E-state index in [1.54, 1.807) is 28.5 Å². The topological polar surface area (TPSA) is 58.6 Å². The van der Waals surface area contributed by atoms with Gasteiger partial charge in [0.05, 0.1) is 0 Å². The number of rotatable bonds is 8. The molecule has 0 aliphatic rings. The second-order valence-electron chi connectivity index (χ2n) is 5.17. The number of hydrogen-bond donors (Lipinski definition) is 1. The Bertz CT molecular complexity index is 306. The lowest BCUT2D eigenvalue weighted by Gasteiger charge is -2.19. The summed E-state index contributed by atoms with van der Waals surface area (Å²) in [6.07, 6.45) is -0.378. The van der Waals surface area contributed by atoms with Gasteiger partial charge in [-0.25, -0.2) is 4.79 Å². The lowest BCUT2D eigenvalue weighted by Crippen LogP contribution is -2.33. The van der Waals surface area contributed by atoms with E-state index in [0.29, 0.717) is 6.54 Å². The minimum absolute atomic E-state index is 0.115. The molecule has 7 heteroatoms. The first-order valence-electron chi connectivity index (χ1n) is 6.73. The van der Waals surface area contributed by atoms with Crippen LogP contribution in [-0.4, -0.2) is 53.6 Å². The molecule has 5 nitrogen and oxygen atoms in total. The summed E-state index contributed by atoms with van der Waals surface area (Å²) in [5.41, 5.74) is -0.456. The first-order chi connectivity index (χ1) is 9.26. The summed E-state index contributed by atoms with van der Waals surface area (Å²) >= 11 is 0. The van der Waals surface area contributed by atoms with Crippen LogP contribution in [0.15, 0.2) is 0 Å². The zero-order valence-electron chi connectivity index (χ0n) is 13.0. The van der Waals surface area contributed by atoms with Crippen LogP contribution in [0.2, 0.25) is 0 Å². The molecule has 0 heterocycles. The van der Waals surface area contributed by atoms with Crippen LogP contribution in [0.5, 0.6) is 0 Å². The highest BCUT2D eigenvalue weighted by Crippen LogP contribution is 2.20. The van der Waals surface area contributed by atoms with Crippen LogP contribution in [0.4, 0.5) is 4.79 Å². The van der Waals surface area contributed by atoms with E-state index in [1.807, 2.05) is 32.6 Å². The molecule has 0 saturated carbocycles. The van der Waals surface area contributed by atoms with Crippen LogP contribution in [0.1, 0.15) is 34.6 Å². The van der Waals surface area contributed by atoms with E-state index >= 15 is 0 Å². The molecule has 0 atom stereocenters. The third-order valence-electron chi connectivity index (χ3n) is 2.21. The Morgan fingerprint density at radius 2 is 1.80 bits per heavy atom. The molecule has 20 heavy (non-hydrogen) atoms. The van der Waals surface area contributed by atoms with Crippen molar-refractivity contribution in [3.8, 4) is 0 Å². The zero-order chi connectivity index (χ0) is 15.6. The predicted octanol–water partition coefficient (Wildman–Crippen LogP) is 2.76. The third kappa shape index (κ3) is 11.3. The molecule has 0 radical (unpaired) electrons. The van der Waals surface area contributed by atoms with Crippen molar-refractivity contribution < 1.29 is 14.3 Å². The quantitative estimate of drug-likeness (QED) is 0.550. The molecule has 1 N–H and O–H groups in total. The maximum Gasteiger partial charge on any atom is 0.407 e. The zero-order valence-corrected chi connectivity index (χ0v) is 14.7. The maximum absolute atomic E-state index is 11.4. The van der Waals surface area contributed by atoms with Gasteiger partial charge < -0.3 is 15.0 Å². The van der Waals surface area contributed by atoms with Crippen molar-refractivity contribution in [2.45, 2.75) is 40.2 Å². The van der Waals surface area contributed by atoms with E-state index in [9.17, 15) is 9.59 Å². The highest BCUT2D eigenvalue weighted by Gasteiger charge is 2.15. The van der Waals surface area contributed by atoms with E-state index in [-0.39, 0.29) is 12.0 Å². The Morgan fingerprint density at radius 3 is 2.30 bits per heavy atom. The second kappa shape index (κ2) is 10.2. The summed E-state index contributed by atoms with van der Waals surface area (Å²) in [5, 5.41) is 2.71. The fraction of sp³-hybridized carbons (Fsp3) is 0.846. The fourth-order valence-corrected chi connectivity index (χ4v) is 3.21. The highest BCUT2D eigenvalue weighted by molar-refractivity contribution is 8.76. The van der Waals surface area contributed by atoms with Gasteiger partial charge >= 0.3 is 6.09 Å². The van der Waals surface area contributed by atoms with Gasteiger partial charge in [-0.05, 0) is 27.7 Å². The van der Waals surface area contributed by atoms with Crippen molar-refractivity contribution in [1.29, 1.82) is 0 Å². The standard InChI is InChI=1S/C13H26N2O3S2/c1-6-15(11(2)16)8-10-20-19-9-7-14-12(17)18-13(3,4)5/h6-10H2,1-5H3,(H,14,17). The third-order valence-corrected chi connectivity index (χ3v) is 4.60. The number of amides is 2. The Balaban J connectivity index is 3.50.